The van der Waals surface area contributed by atoms with Crippen LogP contribution in [0, 0.1) is 0 Å². The van der Waals surface area contributed by atoms with Crippen molar-refractivity contribution in [1.82, 2.24) is 4.90 Å². The van der Waals surface area contributed by atoms with Crippen LogP contribution in [-0.4, -0.2) is 42.9 Å². The van der Waals surface area contributed by atoms with Gasteiger partial charge in [0.2, 0.25) is 5.91 Å². The van der Waals surface area contributed by atoms with E-state index in [9.17, 15) is 9.59 Å². The Balaban J connectivity index is 1.21. The van der Waals surface area contributed by atoms with Gasteiger partial charge in [0.1, 0.15) is 0 Å². The average molecular weight is 504 g/mol. The van der Waals surface area contributed by atoms with E-state index in [1.165, 1.54) is 5.56 Å². The molecule has 1 fully saturated rings. The fourth-order valence-electron chi connectivity index (χ4n) is 4.99. The second-order valence-electron chi connectivity index (χ2n) is 9.62. The molecule has 1 N–H and O–H groups in total. The summed E-state index contributed by atoms with van der Waals surface area (Å²) < 4.78 is 0. The van der Waals surface area contributed by atoms with Crippen LogP contribution in [0.25, 0.3) is 0 Å². The molecule has 0 spiro atoms. The number of piperazine rings is 1. The van der Waals surface area contributed by atoms with Crippen molar-refractivity contribution in [2.75, 3.05) is 36.4 Å². The van der Waals surface area contributed by atoms with Crippen molar-refractivity contribution in [3.63, 3.8) is 0 Å². The van der Waals surface area contributed by atoms with E-state index in [1.807, 2.05) is 114 Å². The van der Waals surface area contributed by atoms with Gasteiger partial charge in [0.15, 0.2) is 0 Å². The van der Waals surface area contributed by atoms with E-state index < -0.39 is 0 Å². The van der Waals surface area contributed by atoms with Gasteiger partial charge in [-0.25, -0.2) is 0 Å². The molecule has 0 atom stereocenters. The van der Waals surface area contributed by atoms with Gasteiger partial charge in [0.05, 0.1) is 5.92 Å². The Kier molecular flexibility index (Phi) is 7.84. The Morgan fingerprint density at radius 1 is 0.711 bits per heavy atom. The predicted octanol–water partition coefficient (Wildman–Crippen LogP) is 5.98. The normalized spacial score (nSPS) is 13.4. The van der Waals surface area contributed by atoms with Gasteiger partial charge in [-0.2, -0.15) is 0 Å². The fourth-order valence-corrected chi connectivity index (χ4v) is 4.99. The molecule has 0 bridgehead atoms. The summed E-state index contributed by atoms with van der Waals surface area (Å²) in [6.07, 6.45) is 0.969. The van der Waals surface area contributed by atoms with E-state index in [0.29, 0.717) is 13.1 Å². The number of amides is 2. The Morgan fingerprint density at radius 2 is 1.26 bits per heavy atom. The molecule has 2 amide bonds. The largest absolute Gasteiger partial charge is 0.368 e. The minimum Gasteiger partial charge on any atom is -0.368 e. The lowest BCUT2D eigenvalue weighted by atomic mass is 9.90. The van der Waals surface area contributed by atoms with E-state index >= 15 is 0 Å². The standard InChI is InChI=1S/C33H33N3O2/c1-2-25-13-15-28(16-14-25)33(38)36-23-21-35(22-24-36)30-19-17-29(18-20-30)34-32(37)31(26-9-5-3-6-10-26)27-11-7-4-8-12-27/h3-20,31H,2,21-24H2,1H3,(H,34,37). The van der Waals surface area contributed by atoms with E-state index in [1.54, 1.807) is 0 Å². The molecule has 5 rings (SSSR count). The molecular formula is C33H33N3O2. The number of hydrogen-bond acceptors (Lipinski definition) is 3. The van der Waals surface area contributed by atoms with Crippen LogP contribution in [0.4, 0.5) is 11.4 Å². The van der Waals surface area contributed by atoms with E-state index in [4.69, 9.17) is 0 Å². The fraction of sp³-hybridized carbons (Fsp3) is 0.212. The highest BCUT2D eigenvalue weighted by atomic mass is 16.2. The second kappa shape index (κ2) is 11.8. The zero-order valence-corrected chi connectivity index (χ0v) is 21.7. The van der Waals surface area contributed by atoms with Gasteiger partial charge >= 0.3 is 0 Å². The number of hydrogen-bond donors (Lipinski definition) is 1. The first kappa shape index (κ1) is 25.3. The zero-order chi connectivity index (χ0) is 26.3. The molecule has 4 aromatic rings. The highest BCUT2D eigenvalue weighted by Gasteiger charge is 2.24. The molecule has 0 aromatic heterocycles. The molecule has 38 heavy (non-hydrogen) atoms. The van der Waals surface area contributed by atoms with E-state index in [2.05, 4.69) is 17.1 Å². The molecule has 5 heteroatoms. The number of carbonyl (C=O) groups excluding carboxylic acids is 2. The minimum absolute atomic E-state index is 0.0609. The van der Waals surface area contributed by atoms with Gasteiger partial charge in [-0.05, 0) is 59.5 Å². The van der Waals surface area contributed by atoms with Crippen molar-refractivity contribution < 1.29 is 9.59 Å². The molecule has 0 aliphatic carbocycles. The number of aryl methyl sites for hydroxylation is 1. The molecule has 0 saturated carbocycles. The lowest BCUT2D eigenvalue weighted by Gasteiger charge is -2.36. The zero-order valence-electron chi connectivity index (χ0n) is 21.7. The molecular weight excluding hydrogens is 470 g/mol. The molecule has 4 aromatic carbocycles. The molecule has 5 nitrogen and oxygen atoms in total. The number of carbonyl (C=O) groups is 2. The van der Waals surface area contributed by atoms with Gasteiger partial charge in [-0.1, -0.05) is 79.7 Å². The van der Waals surface area contributed by atoms with Crippen molar-refractivity contribution in [3.8, 4) is 0 Å². The number of anilines is 2. The summed E-state index contributed by atoms with van der Waals surface area (Å²) in [7, 11) is 0. The van der Waals surface area contributed by atoms with Gasteiger partial charge < -0.3 is 15.1 Å². The number of nitrogens with zero attached hydrogens (tertiary/aromatic N) is 2. The molecule has 0 radical (unpaired) electrons. The first-order chi connectivity index (χ1) is 18.6. The highest BCUT2D eigenvalue weighted by molar-refractivity contribution is 5.98. The van der Waals surface area contributed by atoms with Gasteiger partial charge in [-0.15, -0.1) is 0 Å². The minimum atomic E-state index is -0.388. The van der Waals surface area contributed by atoms with Crippen LogP contribution in [-0.2, 0) is 11.2 Å². The molecule has 1 aliphatic rings. The molecule has 1 aliphatic heterocycles. The summed E-state index contributed by atoms with van der Waals surface area (Å²) >= 11 is 0. The Morgan fingerprint density at radius 3 is 1.79 bits per heavy atom. The number of nitrogens with one attached hydrogen (secondary N) is 1. The van der Waals surface area contributed by atoms with Crippen molar-refractivity contribution in [1.29, 1.82) is 0 Å². The lowest BCUT2D eigenvalue weighted by Crippen LogP contribution is -2.48. The molecule has 1 heterocycles. The Bertz CT molecular complexity index is 1310. The van der Waals surface area contributed by atoms with Crippen LogP contribution in [0.15, 0.2) is 109 Å². The van der Waals surface area contributed by atoms with Crippen LogP contribution in [0.5, 0.6) is 0 Å². The highest BCUT2D eigenvalue weighted by Crippen LogP contribution is 2.27. The summed E-state index contributed by atoms with van der Waals surface area (Å²) in [5, 5.41) is 3.11. The molecule has 0 unspecified atom stereocenters. The summed E-state index contributed by atoms with van der Waals surface area (Å²) in [6.45, 7) is 5.03. The van der Waals surface area contributed by atoms with Crippen LogP contribution >= 0.6 is 0 Å². The van der Waals surface area contributed by atoms with E-state index in [0.717, 1.165) is 47.6 Å². The van der Waals surface area contributed by atoms with Crippen molar-refractivity contribution in [2.45, 2.75) is 19.3 Å². The number of benzene rings is 4. The lowest BCUT2D eigenvalue weighted by molar-refractivity contribution is -0.116. The monoisotopic (exact) mass is 503 g/mol. The van der Waals surface area contributed by atoms with Crippen LogP contribution in [0.1, 0.15) is 39.9 Å². The van der Waals surface area contributed by atoms with Crippen molar-refractivity contribution in [3.05, 3.63) is 131 Å². The third-order valence-electron chi connectivity index (χ3n) is 7.20. The van der Waals surface area contributed by atoms with Gasteiger partial charge in [0.25, 0.3) is 5.91 Å². The topological polar surface area (TPSA) is 52.7 Å². The maximum absolute atomic E-state index is 13.4. The SMILES string of the molecule is CCc1ccc(C(=O)N2CCN(c3ccc(NC(=O)C(c4ccccc4)c4ccccc4)cc3)CC2)cc1. The maximum atomic E-state index is 13.4. The summed E-state index contributed by atoms with van der Waals surface area (Å²) in [5.41, 5.74) is 5.76. The predicted molar refractivity (Wildman–Crippen MR) is 154 cm³/mol. The maximum Gasteiger partial charge on any atom is 0.253 e. The average Bonchev–Trinajstić information content (AvgIpc) is 2.98. The Hall–Kier alpha value is -4.38. The smallest absolute Gasteiger partial charge is 0.253 e. The molecule has 1 saturated heterocycles. The Labute approximate surface area is 224 Å². The summed E-state index contributed by atoms with van der Waals surface area (Å²) in [5.74, 6) is -0.355. The van der Waals surface area contributed by atoms with Crippen LogP contribution in [0.2, 0.25) is 0 Å². The number of rotatable bonds is 7. The van der Waals surface area contributed by atoms with Crippen LogP contribution in [0.3, 0.4) is 0 Å². The first-order valence-electron chi connectivity index (χ1n) is 13.3. The van der Waals surface area contributed by atoms with E-state index in [-0.39, 0.29) is 17.7 Å². The quantitative estimate of drug-likeness (QED) is 0.337. The summed E-state index contributed by atoms with van der Waals surface area (Å²) in [6, 6.07) is 35.6. The van der Waals surface area contributed by atoms with Crippen molar-refractivity contribution >= 4 is 23.2 Å². The summed E-state index contributed by atoms with van der Waals surface area (Å²) in [4.78, 5) is 30.5. The molecule has 192 valence electrons. The second-order valence-corrected chi connectivity index (χ2v) is 9.62. The third-order valence-corrected chi connectivity index (χ3v) is 7.20. The van der Waals surface area contributed by atoms with Crippen LogP contribution < -0.4 is 10.2 Å². The van der Waals surface area contributed by atoms with Gasteiger partial charge in [0, 0.05) is 43.1 Å². The van der Waals surface area contributed by atoms with Crippen molar-refractivity contribution in [2.24, 2.45) is 0 Å². The first-order valence-corrected chi connectivity index (χ1v) is 13.3. The third kappa shape index (κ3) is 5.78. The van der Waals surface area contributed by atoms with Gasteiger partial charge in [-0.3, -0.25) is 9.59 Å².